The number of rotatable bonds is 5. The van der Waals surface area contributed by atoms with E-state index in [2.05, 4.69) is 0 Å². The first-order valence-corrected chi connectivity index (χ1v) is 3.68. The van der Waals surface area contributed by atoms with Gasteiger partial charge in [-0.3, -0.25) is 10.1 Å². The van der Waals surface area contributed by atoms with Gasteiger partial charge in [-0.15, -0.1) is 0 Å². The molecule has 0 saturated carbocycles. The molecule has 0 amide bonds. The molecule has 0 N–H and O–H groups in total. The quantitative estimate of drug-likeness (QED) is 0.367. The van der Waals surface area contributed by atoms with Crippen molar-refractivity contribution in [1.82, 2.24) is 0 Å². The van der Waals surface area contributed by atoms with Crippen molar-refractivity contribution < 1.29 is 9.66 Å². The summed E-state index contributed by atoms with van der Waals surface area (Å²) in [5.41, 5.74) is 1.23. The zero-order valence-electron chi connectivity index (χ0n) is 6.25. The molecule has 0 aromatic rings. The van der Waals surface area contributed by atoms with Gasteiger partial charge < -0.3 is 4.74 Å². The second-order valence-corrected chi connectivity index (χ2v) is 2.03. The van der Waals surface area contributed by atoms with E-state index in [9.17, 15) is 10.1 Å². The highest BCUT2D eigenvalue weighted by atomic mass is 35.5. The van der Waals surface area contributed by atoms with Crippen molar-refractivity contribution >= 4 is 11.6 Å². The highest BCUT2D eigenvalue weighted by Gasteiger charge is 2.02. The van der Waals surface area contributed by atoms with Gasteiger partial charge in [-0.05, 0) is 6.92 Å². The van der Waals surface area contributed by atoms with Gasteiger partial charge in [0.15, 0.2) is 0 Å². The van der Waals surface area contributed by atoms with Gasteiger partial charge in [0, 0.05) is 10.5 Å². The van der Waals surface area contributed by atoms with E-state index in [0.29, 0.717) is 12.4 Å². The number of halogens is 1. The largest absolute Gasteiger partial charge is 0.497 e. The van der Waals surface area contributed by atoms with Gasteiger partial charge in [0.1, 0.15) is 5.76 Å². The summed E-state index contributed by atoms with van der Waals surface area (Å²) in [5, 5.41) is 9.90. The van der Waals surface area contributed by atoms with Crippen molar-refractivity contribution in [2.45, 2.75) is 13.3 Å². The average molecular weight is 180 g/mol. The van der Waals surface area contributed by atoms with Crippen molar-refractivity contribution in [3.05, 3.63) is 21.4 Å². The SMILES string of the molecule is CCOC(=CCl)CC[N+](=O)[O-]. The van der Waals surface area contributed by atoms with Gasteiger partial charge in [-0.1, -0.05) is 11.6 Å². The molecular formula is C6H10ClNO3. The van der Waals surface area contributed by atoms with Crippen LogP contribution < -0.4 is 0 Å². The molecule has 11 heavy (non-hydrogen) atoms. The highest BCUT2D eigenvalue weighted by Crippen LogP contribution is 2.04. The van der Waals surface area contributed by atoms with Crippen LogP contribution in [0.3, 0.4) is 0 Å². The lowest BCUT2D eigenvalue weighted by Crippen LogP contribution is -2.03. The Kier molecular flexibility index (Phi) is 5.56. The van der Waals surface area contributed by atoms with E-state index in [0.717, 1.165) is 0 Å². The molecule has 0 unspecified atom stereocenters. The lowest BCUT2D eigenvalue weighted by Gasteiger charge is -2.03. The third kappa shape index (κ3) is 5.66. The van der Waals surface area contributed by atoms with E-state index in [-0.39, 0.29) is 13.0 Å². The molecule has 0 heterocycles. The van der Waals surface area contributed by atoms with E-state index < -0.39 is 4.92 Å². The summed E-state index contributed by atoms with van der Waals surface area (Å²) in [5.74, 6) is 0.464. The molecule has 0 spiro atoms. The van der Waals surface area contributed by atoms with Crippen molar-refractivity contribution in [2.24, 2.45) is 0 Å². The Labute approximate surface area is 69.9 Å². The molecule has 0 fully saturated rings. The normalized spacial score (nSPS) is 11.3. The molecule has 0 aromatic carbocycles. The van der Waals surface area contributed by atoms with Crippen LogP contribution in [0.5, 0.6) is 0 Å². The molecule has 5 heteroatoms. The molecule has 0 aliphatic rings. The summed E-state index contributed by atoms with van der Waals surface area (Å²) in [6, 6.07) is 0. The molecular weight excluding hydrogens is 170 g/mol. The predicted octanol–water partition coefficient (Wildman–Crippen LogP) is 1.77. The lowest BCUT2D eigenvalue weighted by molar-refractivity contribution is -0.479. The van der Waals surface area contributed by atoms with Crippen LogP contribution in [0.2, 0.25) is 0 Å². The minimum Gasteiger partial charge on any atom is -0.497 e. The van der Waals surface area contributed by atoms with Gasteiger partial charge in [0.25, 0.3) is 0 Å². The second-order valence-electron chi connectivity index (χ2n) is 1.81. The molecule has 0 rings (SSSR count). The zero-order chi connectivity index (χ0) is 8.69. The third-order valence-electron chi connectivity index (χ3n) is 0.992. The molecule has 0 aliphatic heterocycles. The maximum absolute atomic E-state index is 9.90. The van der Waals surface area contributed by atoms with Crippen LogP contribution >= 0.6 is 11.6 Å². The minimum absolute atomic E-state index is 0.140. The number of nitrogens with zero attached hydrogens (tertiary/aromatic N) is 1. The number of hydrogen-bond donors (Lipinski definition) is 0. The Hall–Kier alpha value is -0.770. The summed E-state index contributed by atoms with van der Waals surface area (Å²) in [6.07, 6.45) is 0.254. The Morgan fingerprint density at radius 2 is 2.45 bits per heavy atom. The molecule has 0 atom stereocenters. The fourth-order valence-electron chi connectivity index (χ4n) is 0.545. The highest BCUT2D eigenvalue weighted by molar-refractivity contribution is 6.25. The molecule has 0 aliphatic carbocycles. The predicted molar refractivity (Wildman–Crippen MR) is 42.0 cm³/mol. The van der Waals surface area contributed by atoms with Crippen molar-refractivity contribution in [3.63, 3.8) is 0 Å². The first kappa shape index (κ1) is 10.2. The maximum atomic E-state index is 9.90. The summed E-state index contributed by atoms with van der Waals surface area (Å²) in [4.78, 5) is 9.50. The summed E-state index contributed by atoms with van der Waals surface area (Å²) < 4.78 is 4.97. The van der Waals surface area contributed by atoms with E-state index in [1.807, 2.05) is 0 Å². The Balaban J connectivity index is 3.62. The number of ether oxygens (including phenoxy) is 1. The topological polar surface area (TPSA) is 52.4 Å². The molecule has 0 saturated heterocycles. The van der Waals surface area contributed by atoms with Gasteiger partial charge in [-0.25, -0.2) is 0 Å². The van der Waals surface area contributed by atoms with Gasteiger partial charge in [0.2, 0.25) is 6.54 Å². The standard InChI is InChI=1S/C6H10ClNO3/c1-2-11-6(5-7)3-4-8(9)10/h5H,2-4H2,1H3. The second kappa shape index (κ2) is 5.97. The van der Waals surface area contributed by atoms with Crippen LogP contribution in [0.25, 0.3) is 0 Å². The van der Waals surface area contributed by atoms with Gasteiger partial charge in [-0.2, -0.15) is 0 Å². The number of hydrogen-bond acceptors (Lipinski definition) is 3. The van der Waals surface area contributed by atoms with Crippen LogP contribution in [0.4, 0.5) is 0 Å². The maximum Gasteiger partial charge on any atom is 0.210 e. The van der Waals surface area contributed by atoms with Gasteiger partial charge in [0.05, 0.1) is 13.0 Å². The van der Waals surface area contributed by atoms with Crippen LogP contribution in [0, 0.1) is 10.1 Å². The minimum atomic E-state index is -0.403. The van der Waals surface area contributed by atoms with E-state index >= 15 is 0 Å². The van der Waals surface area contributed by atoms with E-state index in [1.54, 1.807) is 6.92 Å². The molecule has 4 nitrogen and oxygen atoms in total. The first-order valence-electron chi connectivity index (χ1n) is 3.24. The molecule has 64 valence electrons. The van der Waals surface area contributed by atoms with E-state index in [4.69, 9.17) is 16.3 Å². The average Bonchev–Trinajstić information content (AvgIpc) is 1.97. The number of nitro groups is 1. The summed E-state index contributed by atoms with van der Waals surface area (Å²) in [7, 11) is 0. The summed E-state index contributed by atoms with van der Waals surface area (Å²) >= 11 is 5.32. The molecule has 0 radical (unpaired) electrons. The molecule has 0 bridgehead atoms. The lowest BCUT2D eigenvalue weighted by atomic mass is 10.4. The molecule has 0 aromatic heterocycles. The monoisotopic (exact) mass is 179 g/mol. The van der Waals surface area contributed by atoms with Crippen molar-refractivity contribution in [3.8, 4) is 0 Å². The first-order chi connectivity index (χ1) is 5.20. The van der Waals surface area contributed by atoms with E-state index in [1.165, 1.54) is 5.54 Å². The third-order valence-corrected chi connectivity index (χ3v) is 1.24. The fraction of sp³-hybridized carbons (Fsp3) is 0.667. The Bertz CT molecular complexity index is 158. The summed E-state index contributed by atoms with van der Waals surface area (Å²) in [6.45, 7) is 2.14. The smallest absolute Gasteiger partial charge is 0.210 e. The Morgan fingerprint density at radius 3 is 2.82 bits per heavy atom. The Morgan fingerprint density at radius 1 is 1.82 bits per heavy atom. The zero-order valence-corrected chi connectivity index (χ0v) is 7.00. The van der Waals surface area contributed by atoms with Crippen molar-refractivity contribution in [2.75, 3.05) is 13.2 Å². The van der Waals surface area contributed by atoms with Gasteiger partial charge >= 0.3 is 0 Å². The van der Waals surface area contributed by atoms with Crippen molar-refractivity contribution in [1.29, 1.82) is 0 Å². The fourth-order valence-corrected chi connectivity index (χ4v) is 0.717. The van der Waals surface area contributed by atoms with Crippen LogP contribution in [-0.2, 0) is 4.74 Å². The van der Waals surface area contributed by atoms with Crippen LogP contribution in [0.15, 0.2) is 11.3 Å². The van der Waals surface area contributed by atoms with Crippen LogP contribution in [-0.4, -0.2) is 18.1 Å². The van der Waals surface area contributed by atoms with Crippen LogP contribution in [0.1, 0.15) is 13.3 Å².